The summed E-state index contributed by atoms with van der Waals surface area (Å²) in [5, 5.41) is 0. The zero-order valence-corrected chi connectivity index (χ0v) is 16.2. The van der Waals surface area contributed by atoms with Crippen molar-refractivity contribution in [1.82, 2.24) is 4.90 Å². The van der Waals surface area contributed by atoms with Gasteiger partial charge < -0.3 is 19.1 Å². The zero-order valence-electron chi connectivity index (χ0n) is 16.2. The van der Waals surface area contributed by atoms with Crippen LogP contribution in [0.2, 0.25) is 0 Å². The third-order valence-corrected chi connectivity index (χ3v) is 5.05. The van der Waals surface area contributed by atoms with Crippen molar-refractivity contribution in [1.29, 1.82) is 0 Å². The van der Waals surface area contributed by atoms with Crippen LogP contribution in [0.25, 0.3) is 0 Å². The van der Waals surface area contributed by atoms with Crippen molar-refractivity contribution in [2.75, 3.05) is 34.0 Å². The number of hydrogen-bond donors (Lipinski definition) is 0. The van der Waals surface area contributed by atoms with Gasteiger partial charge in [0.25, 0.3) is 0 Å². The van der Waals surface area contributed by atoms with Crippen LogP contribution in [0.5, 0.6) is 0 Å². The van der Waals surface area contributed by atoms with E-state index in [1.165, 1.54) is 24.8 Å². The molecule has 1 aliphatic carbocycles. The molecule has 146 valence electrons. The molecule has 0 aromatic heterocycles. The van der Waals surface area contributed by atoms with E-state index in [0.29, 0.717) is 32.2 Å². The van der Waals surface area contributed by atoms with Gasteiger partial charge in [0.15, 0.2) is 6.29 Å². The van der Waals surface area contributed by atoms with E-state index in [-0.39, 0.29) is 12.2 Å². The Morgan fingerprint density at radius 1 is 1.08 bits per heavy atom. The molecule has 1 amide bonds. The van der Waals surface area contributed by atoms with Crippen LogP contribution in [0.1, 0.15) is 44.1 Å². The van der Waals surface area contributed by atoms with E-state index in [1.54, 1.807) is 14.2 Å². The maximum atomic E-state index is 12.8. The molecule has 0 saturated heterocycles. The van der Waals surface area contributed by atoms with Crippen LogP contribution in [-0.2, 0) is 25.4 Å². The Hall–Kier alpha value is -1.43. The fourth-order valence-electron chi connectivity index (χ4n) is 3.49. The Balaban J connectivity index is 1.77. The Kier molecular flexibility index (Phi) is 9.67. The third-order valence-electron chi connectivity index (χ3n) is 5.05. The number of carbonyl (C=O) groups is 1. The van der Waals surface area contributed by atoms with Crippen molar-refractivity contribution in [2.45, 2.75) is 57.3 Å². The fourth-order valence-corrected chi connectivity index (χ4v) is 3.49. The number of rotatable bonds is 11. The molecule has 0 heterocycles. The number of benzene rings is 1. The lowest BCUT2D eigenvalue weighted by atomic mass is 9.94. The van der Waals surface area contributed by atoms with Crippen molar-refractivity contribution in [3.8, 4) is 0 Å². The normalized spacial score (nSPS) is 15.3. The second kappa shape index (κ2) is 12.0. The van der Waals surface area contributed by atoms with E-state index in [9.17, 15) is 4.79 Å². The first-order valence-electron chi connectivity index (χ1n) is 9.71. The molecule has 0 bridgehead atoms. The molecule has 0 spiro atoms. The van der Waals surface area contributed by atoms with Crippen LogP contribution in [0.4, 0.5) is 0 Å². The van der Waals surface area contributed by atoms with Gasteiger partial charge in [0.1, 0.15) is 0 Å². The molecule has 5 heteroatoms. The van der Waals surface area contributed by atoms with Crippen LogP contribution in [-0.4, -0.2) is 57.1 Å². The van der Waals surface area contributed by atoms with E-state index in [4.69, 9.17) is 14.2 Å². The minimum atomic E-state index is -0.375. The predicted molar refractivity (Wildman–Crippen MR) is 102 cm³/mol. The zero-order chi connectivity index (χ0) is 18.6. The van der Waals surface area contributed by atoms with Crippen LogP contribution >= 0.6 is 0 Å². The van der Waals surface area contributed by atoms with Gasteiger partial charge in [0.2, 0.25) is 5.91 Å². The predicted octanol–water partition coefficient (Wildman–Crippen LogP) is 3.42. The summed E-state index contributed by atoms with van der Waals surface area (Å²) in [6, 6.07) is 10.6. The van der Waals surface area contributed by atoms with E-state index < -0.39 is 0 Å². The second-order valence-corrected chi connectivity index (χ2v) is 6.84. The minimum Gasteiger partial charge on any atom is -0.381 e. The highest BCUT2D eigenvalue weighted by atomic mass is 16.7. The number of ether oxygens (including phenoxy) is 3. The SMILES string of the molecule is COC(CN(C(=O)CCOCCc1ccccc1)C1CCCCC1)OC. The molecule has 1 aliphatic rings. The molecule has 0 atom stereocenters. The molecule has 0 unspecified atom stereocenters. The topological polar surface area (TPSA) is 48.0 Å². The molecule has 1 aromatic carbocycles. The highest BCUT2D eigenvalue weighted by Gasteiger charge is 2.27. The van der Waals surface area contributed by atoms with Crippen LogP contribution in [0.3, 0.4) is 0 Å². The first kappa shape index (κ1) is 20.9. The average Bonchev–Trinajstić information content (AvgIpc) is 2.70. The first-order chi connectivity index (χ1) is 12.7. The van der Waals surface area contributed by atoms with Gasteiger partial charge in [0.05, 0.1) is 26.2 Å². The summed E-state index contributed by atoms with van der Waals surface area (Å²) >= 11 is 0. The summed E-state index contributed by atoms with van der Waals surface area (Å²) < 4.78 is 16.3. The molecule has 5 nitrogen and oxygen atoms in total. The molecule has 1 saturated carbocycles. The van der Waals surface area contributed by atoms with Gasteiger partial charge in [-0.1, -0.05) is 49.6 Å². The molecule has 1 fully saturated rings. The number of hydrogen-bond acceptors (Lipinski definition) is 4. The van der Waals surface area contributed by atoms with Gasteiger partial charge in [-0.05, 0) is 24.8 Å². The monoisotopic (exact) mass is 363 g/mol. The Labute approximate surface area is 157 Å². The van der Waals surface area contributed by atoms with Crippen LogP contribution in [0, 0.1) is 0 Å². The summed E-state index contributed by atoms with van der Waals surface area (Å²) in [6.07, 6.45) is 6.68. The number of carbonyl (C=O) groups excluding carboxylic acids is 1. The van der Waals surface area contributed by atoms with E-state index in [2.05, 4.69) is 12.1 Å². The average molecular weight is 363 g/mol. The van der Waals surface area contributed by atoms with Gasteiger partial charge in [-0.15, -0.1) is 0 Å². The quantitative estimate of drug-likeness (QED) is 0.446. The number of methoxy groups -OCH3 is 2. The second-order valence-electron chi connectivity index (χ2n) is 6.84. The Bertz CT molecular complexity index is 498. The Morgan fingerprint density at radius 3 is 2.42 bits per heavy atom. The van der Waals surface area contributed by atoms with E-state index in [1.807, 2.05) is 23.1 Å². The summed E-state index contributed by atoms with van der Waals surface area (Å²) in [5.41, 5.74) is 1.26. The van der Waals surface area contributed by atoms with Gasteiger partial charge in [-0.25, -0.2) is 0 Å². The van der Waals surface area contributed by atoms with Gasteiger partial charge in [-0.3, -0.25) is 4.79 Å². The van der Waals surface area contributed by atoms with Crippen molar-refractivity contribution in [3.63, 3.8) is 0 Å². The number of nitrogens with zero attached hydrogens (tertiary/aromatic N) is 1. The molecular formula is C21H33NO4. The fraction of sp³-hybridized carbons (Fsp3) is 0.667. The summed E-state index contributed by atoms with van der Waals surface area (Å²) in [4.78, 5) is 14.7. The highest BCUT2D eigenvalue weighted by molar-refractivity contribution is 5.76. The van der Waals surface area contributed by atoms with E-state index in [0.717, 1.165) is 19.3 Å². The smallest absolute Gasteiger partial charge is 0.225 e. The van der Waals surface area contributed by atoms with Gasteiger partial charge in [0, 0.05) is 20.3 Å². The highest BCUT2D eigenvalue weighted by Crippen LogP contribution is 2.23. The van der Waals surface area contributed by atoms with Crippen molar-refractivity contribution in [2.24, 2.45) is 0 Å². The lowest BCUT2D eigenvalue weighted by molar-refractivity contribution is -0.151. The first-order valence-corrected chi connectivity index (χ1v) is 9.71. The molecule has 0 radical (unpaired) electrons. The molecular weight excluding hydrogens is 330 g/mol. The minimum absolute atomic E-state index is 0.135. The van der Waals surface area contributed by atoms with Crippen LogP contribution in [0.15, 0.2) is 30.3 Å². The van der Waals surface area contributed by atoms with Gasteiger partial charge >= 0.3 is 0 Å². The standard InChI is InChI=1S/C21H33NO4/c1-24-21(25-2)17-22(19-11-7-4-8-12-19)20(23)14-16-26-15-13-18-9-5-3-6-10-18/h3,5-6,9-10,19,21H,4,7-8,11-17H2,1-2H3. The Morgan fingerprint density at radius 2 is 1.77 bits per heavy atom. The third kappa shape index (κ3) is 7.06. The summed E-state index contributed by atoms with van der Waals surface area (Å²) in [5.74, 6) is 0.135. The van der Waals surface area contributed by atoms with Crippen molar-refractivity contribution >= 4 is 5.91 Å². The molecule has 0 N–H and O–H groups in total. The molecule has 2 rings (SSSR count). The lowest BCUT2D eigenvalue weighted by Crippen LogP contribution is -2.46. The van der Waals surface area contributed by atoms with Crippen molar-refractivity contribution in [3.05, 3.63) is 35.9 Å². The lowest BCUT2D eigenvalue weighted by Gasteiger charge is -2.36. The molecule has 26 heavy (non-hydrogen) atoms. The summed E-state index contributed by atoms with van der Waals surface area (Å²) in [7, 11) is 3.23. The van der Waals surface area contributed by atoms with Gasteiger partial charge in [-0.2, -0.15) is 0 Å². The number of amides is 1. The van der Waals surface area contributed by atoms with Crippen LogP contribution < -0.4 is 0 Å². The molecule has 1 aromatic rings. The maximum absolute atomic E-state index is 12.8. The maximum Gasteiger partial charge on any atom is 0.225 e. The van der Waals surface area contributed by atoms with Crippen molar-refractivity contribution < 1.29 is 19.0 Å². The summed E-state index contributed by atoms with van der Waals surface area (Å²) in [6.45, 7) is 1.58. The molecule has 0 aliphatic heterocycles. The largest absolute Gasteiger partial charge is 0.381 e. The van der Waals surface area contributed by atoms with E-state index >= 15 is 0 Å².